The minimum Gasteiger partial charge on any atom is -0.481 e. The molecule has 1 aromatic rings. The van der Waals surface area contributed by atoms with Crippen LogP contribution in [-0.2, 0) is 16.6 Å². The maximum absolute atomic E-state index is 10.7. The highest BCUT2D eigenvalue weighted by Crippen LogP contribution is 2.33. The van der Waals surface area contributed by atoms with Gasteiger partial charge in [-0.2, -0.15) is 0 Å². The van der Waals surface area contributed by atoms with Gasteiger partial charge in [-0.1, -0.05) is 13.8 Å². The fourth-order valence-electron chi connectivity index (χ4n) is 1.65. The van der Waals surface area contributed by atoms with Crippen LogP contribution in [0.25, 0.3) is 0 Å². The second-order valence-electron chi connectivity index (χ2n) is 4.81. The number of nitrogens with zero attached hydrogens (tertiary/aromatic N) is 1. The Morgan fingerprint density at radius 1 is 1.47 bits per heavy atom. The molecule has 0 aromatic carbocycles. The number of aliphatic hydroxyl groups is 1. The number of hydrogen-bond donors (Lipinski definition) is 2. The number of aliphatic carboxylic acids is 1. The van der Waals surface area contributed by atoms with Gasteiger partial charge >= 0.3 is 5.97 Å². The summed E-state index contributed by atoms with van der Waals surface area (Å²) in [6, 6.07) is 0. The first kappa shape index (κ1) is 14.1. The van der Waals surface area contributed by atoms with Crippen molar-refractivity contribution in [3.8, 4) is 0 Å². The molecule has 0 bridgehead atoms. The summed E-state index contributed by atoms with van der Waals surface area (Å²) >= 11 is 1.47. The number of rotatable bonds is 6. The zero-order chi connectivity index (χ0) is 13.1. The average molecular weight is 257 g/mol. The number of aryl methyl sites for hydroxylation is 1. The summed E-state index contributed by atoms with van der Waals surface area (Å²) in [5.74, 6) is -0.823. The van der Waals surface area contributed by atoms with Gasteiger partial charge in [0.25, 0.3) is 0 Å². The summed E-state index contributed by atoms with van der Waals surface area (Å²) in [5, 5.41) is 18.6. The van der Waals surface area contributed by atoms with Crippen molar-refractivity contribution in [2.75, 3.05) is 6.61 Å². The molecule has 0 aliphatic rings. The predicted molar refractivity (Wildman–Crippen MR) is 67.5 cm³/mol. The predicted octanol–water partition coefficient (Wildman–Crippen LogP) is 2.13. The van der Waals surface area contributed by atoms with Crippen molar-refractivity contribution in [1.29, 1.82) is 0 Å². The molecule has 4 nitrogen and oxygen atoms in total. The average Bonchev–Trinajstić information content (AvgIpc) is 2.57. The van der Waals surface area contributed by atoms with Crippen LogP contribution >= 0.6 is 11.3 Å². The molecule has 0 fully saturated rings. The van der Waals surface area contributed by atoms with E-state index in [1.807, 2.05) is 6.92 Å². The Balaban J connectivity index is 2.88. The largest absolute Gasteiger partial charge is 0.481 e. The van der Waals surface area contributed by atoms with E-state index in [0.717, 1.165) is 28.4 Å². The zero-order valence-electron chi connectivity index (χ0n) is 10.5. The lowest BCUT2D eigenvalue weighted by molar-refractivity contribution is -0.136. The molecule has 0 amide bonds. The molecule has 1 heterocycles. The first-order valence-corrected chi connectivity index (χ1v) is 6.48. The maximum atomic E-state index is 10.7. The lowest BCUT2D eigenvalue weighted by Crippen LogP contribution is -2.17. The Labute approximate surface area is 105 Å². The molecule has 0 spiro atoms. The molecule has 0 saturated heterocycles. The topological polar surface area (TPSA) is 70.4 Å². The van der Waals surface area contributed by atoms with Crippen molar-refractivity contribution < 1.29 is 15.0 Å². The van der Waals surface area contributed by atoms with Gasteiger partial charge in [0.1, 0.15) is 0 Å². The Kier molecular flexibility index (Phi) is 4.65. The van der Waals surface area contributed by atoms with Gasteiger partial charge in [0.2, 0.25) is 0 Å². The van der Waals surface area contributed by atoms with E-state index in [9.17, 15) is 4.79 Å². The van der Waals surface area contributed by atoms with E-state index in [4.69, 9.17) is 10.2 Å². The van der Waals surface area contributed by atoms with Gasteiger partial charge in [0, 0.05) is 16.9 Å². The van der Waals surface area contributed by atoms with E-state index in [0.29, 0.717) is 0 Å². The summed E-state index contributed by atoms with van der Waals surface area (Å²) < 4.78 is 0. The van der Waals surface area contributed by atoms with Crippen molar-refractivity contribution >= 4 is 17.3 Å². The molecule has 1 aromatic heterocycles. The Bertz CT molecular complexity index is 398. The monoisotopic (exact) mass is 257 g/mol. The molecular weight excluding hydrogens is 238 g/mol. The molecule has 96 valence electrons. The summed E-state index contributed by atoms with van der Waals surface area (Å²) in [6.45, 7) is 6.17. The molecule has 1 rings (SSSR count). The van der Waals surface area contributed by atoms with E-state index < -0.39 is 5.97 Å². The van der Waals surface area contributed by atoms with Crippen LogP contribution in [0.2, 0.25) is 0 Å². The number of aromatic nitrogens is 1. The Hall–Kier alpha value is -0.940. The van der Waals surface area contributed by atoms with Crippen LogP contribution in [0.1, 0.15) is 42.3 Å². The van der Waals surface area contributed by atoms with E-state index in [1.54, 1.807) is 0 Å². The number of hydrogen-bond acceptors (Lipinski definition) is 4. The number of thiazole rings is 1. The second-order valence-corrected chi connectivity index (χ2v) is 5.89. The third kappa shape index (κ3) is 3.78. The maximum Gasteiger partial charge on any atom is 0.308 e. The Morgan fingerprint density at radius 3 is 2.65 bits per heavy atom. The van der Waals surface area contributed by atoms with Crippen LogP contribution in [0.5, 0.6) is 0 Å². The third-order valence-corrected chi connectivity index (χ3v) is 4.27. The molecular formula is C12H19NO3S. The molecule has 0 atom stereocenters. The molecule has 0 radical (unpaired) electrons. The Morgan fingerprint density at radius 2 is 2.12 bits per heavy atom. The van der Waals surface area contributed by atoms with Crippen LogP contribution in [0, 0.1) is 6.92 Å². The highest BCUT2D eigenvalue weighted by atomic mass is 32.1. The molecule has 5 heteroatoms. The molecule has 17 heavy (non-hydrogen) atoms. The molecule has 0 unspecified atom stereocenters. The van der Waals surface area contributed by atoms with Gasteiger partial charge in [-0.25, -0.2) is 4.98 Å². The summed E-state index contributed by atoms with van der Waals surface area (Å²) in [6.07, 6.45) is 1.63. The van der Waals surface area contributed by atoms with E-state index >= 15 is 0 Å². The van der Waals surface area contributed by atoms with Crippen LogP contribution in [0.15, 0.2) is 0 Å². The highest BCUT2D eigenvalue weighted by molar-refractivity contribution is 7.12. The van der Waals surface area contributed by atoms with Crippen molar-refractivity contribution in [1.82, 2.24) is 4.98 Å². The SMILES string of the molecule is Cc1nc(C(C)(C)CCCO)sc1CC(=O)O. The van der Waals surface area contributed by atoms with Crippen LogP contribution in [-0.4, -0.2) is 27.8 Å². The first-order valence-electron chi connectivity index (χ1n) is 5.66. The zero-order valence-corrected chi connectivity index (χ0v) is 11.3. The highest BCUT2D eigenvalue weighted by Gasteiger charge is 2.25. The van der Waals surface area contributed by atoms with Crippen LogP contribution in [0.3, 0.4) is 0 Å². The van der Waals surface area contributed by atoms with Crippen molar-refractivity contribution in [2.45, 2.75) is 45.4 Å². The van der Waals surface area contributed by atoms with Gasteiger partial charge in [0.05, 0.1) is 17.1 Å². The number of carbonyl (C=O) groups is 1. The normalized spacial score (nSPS) is 11.8. The van der Waals surface area contributed by atoms with E-state index in [-0.39, 0.29) is 18.4 Å². The smallest absolute Gasteiger partial charge is 0.308 e. The molecule has 2 N–H and O–H groups in total. The molecule has 0 saturated carbocycles. The van der Waals surface area contributed by atoms with E-state index in [2.05, 4.69) is 18.8 Å². The standard InChI is InChI=1S/C12H19NO3S/c1-8-9(7-10(15)16)17-11(13-8)12(2,3)5-4-6-14/h14H,4-7H2,1-3H3,(H,15,16). The van der Waals surface area contributed by atoms with Gasteiger partial charge < -0.3 is 10.2 Å². The summed E-state index contributed by atoms with van der Waals surface area (Å²) in [5.41, 5.74) is 0.707. The fourth-order valence-corrected chi connectivity index (χ4v) is 2.83. The van der Waals surface area contributed by atoms with Gasteiger partial charge in [-0.05, 0) is 19.8 Å². The fraction of sp³-hybridized carbons (Fsp3) is 0.667. The minimum atomic E-state index is -0.823. The molecule has 0 aliphatic heterocycles. The van der Waals surface area contributed by atoms with Crippen LogP contribution in [0.4, 0.5) is 0 Å². The lowest BCUT2D eigenvalue weighted by Gasteiger charge is -2.21. The summed E-state index contributed by atoms with van der Waals surface area (Å²) in [4.78, 5) is 16.0. The van der Waals surface area contributed by atoms with Gasteiger partial charge in [-0.15, -0.1) is 11.3 Å². The third-order valence-electron chi connectivity index (χ3n) is 2.74. The minimum absolute atomic E-state index is 0.0412. The summed E-state index contributed by atoms with van der Waals surface area (Å²) in [7, 11) is 0. The van der Waals surface area contributed by atoms with Crippen molar-refractivity contribution in [2.24, 2.45) is 0 Å². The number of carboxylic acid groups (broad SMARTS) is 1. The van der Waals surface area contributed by atoms with Crippen molar-refractivity contribution in [3.63, 3.8) is 0 Å². The van der Waals surface area contributed by atoms with Crippen LogP contribution < -0.4 is 0 Å². The number of carboxylic acids is 1. The second kappa shape index (κ2) is 5.60. The van der Waals surface area contributed by atoms with Crippen molar-refractivity contribution in [3.05, 3.63) is 15.6 Å². The quantitative estimate of drug-likeness (QED) is 0.819. The number of aliphatic hydroxyl groups excluding tert-OH is 1. The lowest BCUT2D eigenvalue weighted by atomic mass is 9.89. The molecule has 0 aliphatic carbocycles. The van der Waals surface area contributed by atoms with Gasteiger partial charge in [-0.3, -0.25) is 4.79 Å². The van der Waals surface area contributed by atoms with E-state index in [1.165, 1.54) is 11.3 Å². The van der Waals surface area contributed by atoms with Gasteiger partial charge in [0.15, 0.2) is 0 Å². The first-order chi connectivity index (χ1) is 7.86.